The van der Waals surface area contributed by atoms with Crippen LogP contribution in [0.3, 0.4) is 0 Å². The SMILES string of the molecule is COc1cc(O)cc(OC)c1C1C2=CCC3C(=O)N(c4ccc(N5CCOCC5)cc4)C(=O)C3C2CC2C(=O)N(c3ccc(N4CCOCC4)cc3)C(=O)C21. The number of aromatic hydroxyl groups is 1. The second-order valence-electron chi connectivity index (χ2n) is 15.0. The lowest BCUT2D eigenvalue weighted by atomic mass is 9.57. The van der Waals surface area contributed by atoms with Crippen LogP contribution < -0.4 is 29.1 Å². The molecule has 1 N–H and O–H groups in total. The number of amides is 4. The quantitative estimate of drug-likeness (QED) is 0.276. The lowest BCUT2D eigenvalue weighted by Crippen LogP contribution is -2.43. The Morgan fingerprint density at radius 3 is 1.55 bits per heavy atom. The van der Waals surface area contributed by atoms with Gasteiger partial charge in [0.1, 0.15) is 17.2 Å². The lowest BCUT2D eigenvalue weighted by molar-refractivity contribution is -0.126. The summed E-state index contributed by atoms with van der Waals surface area (Å²) >= 11 is 0. The average Bonchev–Trinajstić information content (AvgIpc) is 3.63. The zero-order valence-electron chi connectivity index (χ0n) is 30.9. The molecule has 6 atom stereocenters. The first-order valence-corrected chi connectivity index (χ1v) is 19.0. The minimum absolute atomic E-state index is 0.0818. The molecule has 4 saturated heterocycles. The van der Waals surface area contributed by atoms with Gasteiger partial charge in [-0.2, -0.15) is 0 Å². The van der Waals surface area contributed by atoms with Crippen molar-refractivity contribution in [3.05, 3.63) is 77.9 Å². The van der Waals surface area contributed by atoms with Gasteiger partial charge in [-0.25, -0.2) is 0 Å². The fourth-order valence-electron chi connectivity index (χ4n) is 9.92. The Hall–Kier alpha value is -5.40. The summed E-state index contributed by atoms with van der Waals surface area (Å²) in [5.74, 6) is -4.96. The number of nitrogens with zero attached hydrogens (tertiary/aromatic N) is 4. The van der Waals surface area contributed by atoms with Crippen molar-refractivity contribution in [3.8, 4) is 17.2 Å². The van der Waals surface area contributed by atoms with E-state index in [1.165, 1.54) is 36.2 Å². The summed E-state index contributed by atoms with van der Waals surface area (Å²) in [6, 6.07) is 17.9. The zero-order chi connectivity index (χ0) is 38.0. The Balaban J connectivity index is 1.09. The summed E-state index contributed by atoms with van der Waals surface area (Å²) < 4.78 is 22.6. The van der Waals surface area contributed by atoms with Crippen LogP contribution >= 0.6 is 0 Å². The van der Waals surface area contributed by atoms with Gasteiger partial charge < -0.3 is 33.9 Å². The number of phenolic OH excluding ortho intramolecular Hbond substituents is 1. The van der Waals surface area contributed by atoms with E-state index >= 15 is 0 Å². The maximum absolute atomic E-state index is 14.8. The minimum Gasteiger partial charge on any atom is -0.508 e. The van der Waals surface area contributed by atoms with Crippen molar-refractivity contribution in [1.82, 2.24) is 0 Å². The number of morpholine rings is 2. The number of rotatable bonds is 7. The molecular weight excluding hydrogens is 704 g/mol. The molecule has 4 amide bonds. The zero-order valence-corrected chi connectivity index (χ0v) is 30.9. The molecule has 0 bridgehead atoms. The number of benzene rings is 3. The second kappa shape index (κ2) is 14.0. The van der Waals surface area contributed by atoms with Crippen molar-refractivity contribution in [2.24, 2.45) is 29.6 Å². The van der Waals surface area contributed by atoms with Gasteiger partial charge in [0.05, 0.1) is 75.7 Å². The Morgan fingerprint density at radius 2 is 1.05 bits per heavy atom. The molecule has 3 aromatic carbocycles. The van der Waals surface area contributed by atoms with Gasteiger partial charge in [-0.15, -0.1) is 0 Å². The van der Waals surface area contributed by atoms with Crippen LogP contribution in [0.5, 0.6) is 17.2 Å². The van der Waals surface area contributed by atoms with Crippen LogP contribution in [0.15, 0.2) is 72.3 Å². The normalized spacial score (nSPS) is 27.9. The molecule has 3 aromatic rings. The smallest absolute Gasteiger partial charge is 0.238 e. The number of hydrogen-bond donors (Lipinski definition) is 1. The highest BCUT2D eigenvalue weighted by Gasteiger charge is 2.63. The standard InChI is InChI=1S/C42H44N4O9/c1-52-33-21-28(47)22-34(53-2)38(33)36-29-11-12-30-35(41(50)45(39(30)48)26-7-3-24(4-8-26)43-13-17-54-18-14-43)31(29)23-32-37(36)42(51)46(40(32)49)27-9-5-25(6-10-27)44-15-19-55-20-16-44/h3-11,21-22,30-32,35-37,47H,12-20,23H2,1-2H3. The van der Waals surface area contributed by atoms with Gasteiger partial charge in [0, 0.05) is 61.2 Å². The molecule has 286 valence electrons. The Bertz CT molecular complexity index is 2030. The van der Waals surface area contributed by atoms with Gasteiger partial charge >= 0.3 is 0 Å². The molecular formula is C42H44N4O9. The summed E-state index contributed by atoms with van der Waals surface area (Å²) in [7, 11) is 2.96. The van der Waals surface area contributed by atoms with Crippen molar-refractivity contribution in [2.45, 2.75) is 18.8 Å². The third-order valence-corrected chi connectivity index (χ3v) is 12.5. The van der Waals surface area contributed by atoms with Crippen molar-refractivity contribution in [1.29, 1.82) is 0 Å². The van der Waals surface area contributed by atoms with Gasteiger partial charge in [-0.1, -0.05) is 11.6 Å². The van der Waals surface area contributed by atoms with Crippen LogP contribution in [0.25, 0.3) is 0 Å². The highest BCUT2D eigenvalue weighted by Crippen LogP contribution is 2.61. The van der Waals surface area contributed by atoms with Gasteiger partial charge in [0.25, 0.3) is 0 Å². The number of phenols is 1. The predicted molar refractivity (Wildman–Crippen MR) is 203 cm³/mol. The summed E-state index contributed by atoms with van der Waals surface area (Å²) in [4.78, 5) is 65.2. The lowest BCUT2D eigenvalue weighted by Gasteiger charge is -2.44. The van der Waals surface area contributed by atoms with Crippen LogP contribution in [0.4, 0.5) is 22.7 Å². The van der Waals surface area contributed by atoms with E-state index < -0.39 is 35.5 Å². The molecule has 4 aliphatic heterocycles. The van der Waals surface area contributed by atoms with Gasteiger partial charge in [-0.3, -0.25) is 29.0 Å². The van der Waals surface area contributed by atoms with Crippen LogP contribution in [-0.2, 0) is 28.7 Å². The molecule has 4 heterocycles. The summed E-state index contributed by atoms with van der Waals surface area (Å²) in [6.07, 6.45) is 2.52. The number of allylic oxidation sites excluding steroid dienone is 2. The Labute approximate surface area is 319 Å². The molecule has 0 radical (unpaired) electrons. The van der Waals surface area contributed by atoms with E-state index in [1.807, 2.05) is 42.5 Å². The molecule has 9 rings (SSSR count). The van der Waals surface area contributed by atoms with Crippen LogP contribution in [0.1, 0.15) is 24.3 Å². The van der Waals surface area contributed by atoms with E-state index in [0.29, 0.717) is 61.3 Å². The number of carbonyl (C=O) groups is 4. The van der Waals surface area contributed by atoms with Crippen molar-refractivity contribution in [2.75, 3.05) is 86.4 Å². The van der Waals surface area contributed by atoms with Crippen LogP contribution in [0, 0.1) is 29.6 Å². The molecule has 6 aliphatic rings. The number of hydrogen-bond acceptors (Lipinski definition) is 11. The van der Waals surface area contributed by atoms with Crippen LogP contribution in [0.2, 0.25) is 0 Å². The first-order valence-electron chi connectivity index (χ1n) is 19.0. The number of anilines is 4. The molecule has 2 aliphatic carbocycles. The molecule has 5 fully saturated rings. The van der Waals surface area contributed by atoms with Gasteiger partial charge in [0.15, 0.2) is 0 Å². The highest BCUT2D eigenvalue weighted by atomic mass is 16.5. The number of carbonyl (C=O) groups excluding carboxylic acids is 4. The largest absolute Gasteiger partial charge is 0.508 e. The monoisotopic (exact) mass is 748 g/mol. The summed E-state index contributed by atoms with van der Waals surface area (Å²) in [6.45, 7) is 5.57. The Morgan fingerprint density at radius 1 is 0.600 bits per heavy atom. The number of ether oxygens (including phenoxy) is 4. The molecule has 0 spiro atoms. The first kappa shape index (κ1) is 35.3. The summed E-state index contributed by atoms with van der Waals surface area (Å²) in [5, 5.41) is 10.6. The second-order valence-corrected chi connectivity index (χ2v) is 15.0. The molecule has 13 nitrogen and oxygen atoms in total. The third-order valence-electron chi connectivity index (χ3n) is 12.5. The molecule has 1 saturated carbocycles. The molecule has 6 unspecified atom stereocenters. The Kier molecular flexibility index (Phi) is 9.01. The maximum Gasteiger partial charge on any atom is 0.238 e. The number of fused-ring (bicyclic) bond motifs is 4. The van der Waals surface area contributed by atoms with E-state index in [9.17, 15) is 24.3 Å². The van der Waals surface area contributed by atoms with Crippen LogP contribution in [-0.4, -0.2) is 95.6 Å². The number of methoxy groups -OCH3 is 2. The van der Waals surface area contributed by atoms with E-state index in [1.54, 1.807) is 12.1 Å². The van der Waals surface area contributed by atoms with Gasteiger partial charge in [-0.05, 0) is 67.3 Å². The summed E-state index contributed by atoms with van der Waals surface area (Å²) in [5.41, 5.74) is 4.28. The average molecular weight is 749 g/mol. The molecule has 55 heavy (non-hydrogen) atoms. The van der Waals surface area contributed by atoms with Gasteiger partial charge in [0.2, 0.25) is 23.6 Å². The fraction of sp³-hybridized carbons (Fsp3) is 0.429. The fourth-order valence-corrected chi connectivity index (χ4v) is 9.92. The van der Waals surface area contributed by atoms with E-state index in [-0.39, 0.29) is 35.8 Å². The first-order chi connectivity index (χ1) is 26.8. The van der Waals surface area contributed by atoms with E-state index in [4.69, 9.17) is 18.9 Å². The molecule has 0 aromatic heterocycles. The van der Waals surface area contributed by atoms with Crippen molar-refractivity contribution >= 4 is 46.4 Å². The predicted octanol–water partition coefficient (Wildman–Crippen LogP) is 4.13. The molecule has 13 heteroatoms. The maximum atomic E-state index is 14.8. The van der Waals surface area contributed by atoms with E-state index in [0.717, 1.165) is 43.1 Å². The highest BCUT2D eigenvalue weighted by molar-refractivity contribution is 6.24. The topological polar surface area (TPSA) is 138 Å². The van der Waals surface area contributed by atoms with Crippen molar-refractivity contribution in [3.63, 3.8) is 0 Å². The third kappa shape index (κ3) is 5.74. The number of imide groups is 2. The minimum atomic E-state index is -0.839. The van der Waals surface area contributed by atoms with E-state index in [2.05, 4.69) is 9.80 Å². The van der Waals surface area contributed by atoms with Crippen molar-refractivity contribution < 1.29 is 43.2 Å².